The molecule has 0 bridgehead atoms. The summed E-state index contributed by atoms with van der Waals surface area (Å²) in [5, 5.41) is 12.0. The monoisotopic (exact) mass is 291 g/mol. The van der Waals surface area contributed by atoms with Crippen LogP contribution in [0.1, 0.15) is 23.1 Å². The second-order valence-electron chi connectivity index (χ2n) is 5.53. The van der Waals surface area contributed by atoms with Crippen molar-refractivity contribution < 1.29 is 19.4 Å². The fourth-order valence-corrected chi connectivity index (χ4v) is 2.61. The van der Waals surface area contributed by atoms with E-state index in [0.717, 1.165) is 16.7 Å². The van der Waals surface area contributed by atoms with Crippen LogP contribution in [-0.2, 0) is 20.7 Å². The minimum atomic E-state index is -1.01. The van der Waals surface area contributed by atoms with Gasteiger partial charge in [-0.2, -0.15) is 0 Å². The summed E-state index contributed by atoms with van der Waals surface area (Å²) in [7, 11) is 0. The number of carboxylic acids is 1. The van der Waals surface area contributed by atoms with E-state index in [1.807, 2.05) is 32.0 Å². The molecule has 0 aromatic heterocycles. The molecule has 5 nitrogen and oxygen atoms in total. The molecule has 21 heavy (non-hydrogen) atoms. The van der Waals surface area contributed by atoms with Crippen molar-refractivity contribution in [3.63, 3.8) is 0 Å². The topological polar surface area (TPSA) is 75.6 Å². The maximum atomic E-state index is 12.1. The highest BCUT2D eigenvalue weighted by atomic mass is 16.5. The zero-order valence-electron chi connectivity index (χ0n) is 12.4. The standard InChI is InChI=1S/C16H21NO4/c1-10-4-3-5-11(2)13(10)8-14(16(19)20)17-15(18)12-6-7-21-9-12/h3-5,12,14H,6-9H2,1-2H3,(H,17,18)(H,19,20)/t12-,14-/m1/s1. The minimum absolute atomic E-state index is 0.230. The fraction of sp³-hybridized carbons (Fsp3) is 0.500. The summed E-state index contributed by atoms with van der Waals surface area (Å²) < 4.78 is 5.17. The molecule has 1 aromatic rings. The van der Waals surface area contributed by atoms with Crippen molar-refractivity contribution in [1.29, 1.82) is 0 Å². The molecule has 1 fully saturated rings. The van der Waals surface area contributed by atoms with Crippen LogP contribution in [0.2, 0.25) is 0 Å². The Kier molecular flexibility index (Phi) is 4.96. The Morgan fingerprint density at radius 3 is 2.57 bits per heavy atom. The van der Waals surface area contributed by atoms with Gasteiger partial charge >= 0.3 is 5.97 Å². The lowest BCUT2D eigenvalue weighted by molar-refractivity contribution is -0.142. The van der Waals surface area contributed by atoms with Crippen molar-refractivity contribution in [2.24, 2.45) is 5.92 Å². The van der Waals surface area contributed by atoms with Crippen molar-refractivity contribution in [2.45, 2.75) is 32.7 Å². The quantitative estimate of drug-likeness (QED) is 0.861. The third-order valence-corrected chi connectivity index (χ3v) is 3.97. The first-order chi connectivity index (χ1) is 9.99. The number of carbonyl (C=O) groups excluding carboxylic acids is 1. The van der Waals surface area contributed by atoms with Crippen LogP contribution in [0.15, 0.2) is 18.2 Å². The molecule has 2 atom stereocenters. The molecule has 1 aliphatic heterocycles. The molecule has 0 spiro atoms. The largest absolute Gasteiger partial charge is 0.480 e. The molecule has 0 aliphatic carbocycles. The number of hydrogen-bond acceptors (Lipinski definition) is 3. The number of ether oxygens (including phenoxy) is 1. The number of amides is 1. The van der Waals surface area contributed by atoms with Gasteiger partial charge < -0.3 is 15.2 Å². The Hall–Kier alpha value is -1.88. The number of rotatable bonds is 5. The van der Waals surface area contributed by atoms with Crippen LogP contribution >= 0.6 is 0 Å². The van der Waals surface area contributed by atoms with Crippen LogP contribution in [0.25, 0.3) is 0 Å². The Balaban J connectivity index is 2.09. The summed E-state index contributed by atoms with van der Waals surface area (Å²) in [6.45, 7) is 4.84. The number of nitrogens with one attached hydrogen (secondary N) is 1. The number of carboxylic acid groups (broad SMARTS) is 1. The minimum Gasteiger partial charge on any atom is -0.480 e. The second-order valence-corrected chi connectivity index (χ2v) is 5.53. The molecule has 2 rings (SSSR count). The summed E-state index contributed by atoms with van der Waals surface area (Å²) in [5.74, 6) is -1.47. The van der Waals surface area contributed by atoms with Gasteiger partial charge in [-0.15, -0.1) is 0 Å². The average molecular weight is 291 g/mol. The predicted molar refractivity (Wildman–Crippen MR) is 78.1 cm³/mol. The zero-order valence-corrected chi connectivity index (χ0v) is 12.4. The van der Waals surface area contributed by atoms with Crippen LogP contribution in [0.3, 0.4) is 0 Å². The van der Waals surface area contributed by atoms with E-state index in [2.05, 4.69) is 5.32 Å². The van der Waals surface area contributed by atoms with Gasteiger partial charge in [-0.05, 0) is 37.0 Å². The molecule has 0 radical (unpaired) electrons. The third kappa shape index (κ3) is 3.82. The number of benzene rings is 1. The van der Waals surface area contributed by atoms with E-state index in [9.17, 15) is 14.7 Å². The van der Waals surface area contributed by atoms with Gasteiger partial charge in [-0.25, -0.2) is 4.79 Å². The Morgan fingerprint density at radius 1 is 1.38 bits per heavy atom. The van der Waals surface area contributed by atoms with E-state index >= 15 is 0 Å². The number of hydrogen-bond donors (Lipinski definition) is 2. The van der Waals surface area contributed by atoms with Gasteiger partial charge in [0.25, 0.3) is 0 Å². The first-order valence-corrected chi connectivity index (χ1v) is 7.15. The van der Waals surface area contributed by atoms with Crippen LogP contribution in [0, 0.1) is 19.8 Å². The number of aryl methyl sites for hydroxylation is 2. The Morgan fingerprint density at radius 2 is 2.05 bits per heavy atom. The van der Waals surface area contributed by atoms with Crippen molar-refractivity contribution in [3.8, 4) is 0 Å². The van der Waals surface area contributed by atoms with Gasteiger partial charge in [0, 0.05) is 13.0 Å². The van der Waals surface area contributed by atoms with E-state index in [-0.39, 0.29) is 11.8 Å². The highest BCUT2D eigenvalue weighted by Gasteiger charge is 2.28. The van der Waals surface area contributed by atoms with Crippen LogP contribution in [-0.4, -0.2) is 36.2 Å². The molecular formula is C16H21NO4. The van der Waals surface area contributed by atoms with E-state index in [1.54, 1.807) is 0 Å². The third-order valence-electron chi connectivity index (χ3n) is 3.97. The lowest BCUT2D eigenvalue weighted by Gasteiger charge is -2.19. The average Bonchev–Trinajstić information content (AvgIpc) is 2.95. The summed E-state index contributed by atoms with van der Waals surface area (Å²) in [5.41, 5.74) is 3.06. The molecule has 1 heterocycles. The number of aliphatic carboxylic acids is 1. The van der Waals surface area contributed by atoms with Gasteiger partial charge in [0.15, 0.2) is 0 Å². The highest BCUT2D eigenvalue weighted by Crippen LogP contribution is 2.17. The molecule has 0 unspecified atom stereocenters. The van der Waals surface area contributed by atoms with Crippen molar-refractivity contribution in [3.05, 3.63) is 34.9 Å². The maximum Gasteiger partial charge on any atom is 0.326 e. The molecular weight excluding hydrogens is 270 g/mol. The van der Waals surface area contributed by atoms with Crippen molar-refractivity contribution >= 4 is 11.9 Å². The zero-order chi connectivity index (χ0) is 15.4. The lowest BCUT2D eigenvalue weighted by Crippen LogP contribution is -2.45. The highest BCUT2D eigenvalue weighted by molar-refractivity contribution is 5.85. The van der Waals surface area contributed by atoms with Gasteiger partial charge in [-0.1, -0.05) is 18.2 Å². The van der Waals surface area contributed by atoms with Crippen molar-refractivity contribution in [1.82, 2.24) is 5.32 Å². The van der Waals surface area contributed by atoms with Gasteiger partial charge in [0.1, 0.15) is 6.04 Å². The van der Waals surface area contributed by atoms with Crippen LogP contribution in [0.4, 0.5) is 0 Å². The fourth-order valence-electron chi connectivity index (χ4n) is 2.61. The predicted octanol–water partition coefficient (Wildman–Crippen LogP) is 1.45. The SMILES string of the molecule is Cc1cccc(C)c1C[C@@H](NC(=O)[C@@H]1CCOC1)C(=O)O. The first kappa shape index (κ1) is 15.5. The summed E-state index contributed by atoms with van der Waals surface area (Å²) in [4.78, 5) is 23.5. The van der Waals surface area contributed by atoms with E-state index in [1.165, 1.54) is 0 Å². The number of carbonyl (C=O) groups is 2. The van der Waals surface area contributed by atoms with Gasteiger partial charge in [0.05, 0.1) is 12.5 Å². The smallest absolute Gasteiger partial charge is 0.326 e. The van der Waals surface area contributed by atoms with Crippen molar-refractivity contribution in [2.75, 3.05) is 13.2 Å². The van der Waals surface area contributed by atoms with Crippen LogP contribution < -0.4 is 5.32 Å². The Bertz CT molecular complexity index is 515. The molecule has 1 aromatic carbocycles. The molecule has 1 aliphatic rings. The summed E-state index contributed by atoms with van der Waals surface area (Å²) >= 11 is 0. The van der Waals surface area contributed by atoms with Gasteiger partial charge in [0.2, 0.25) is 5.91 Å². The van der Waals surface area contributed by atoms with E-state index in [4.69, 9.17) is 4.74 Å². The molecule has 5 heteroatoms. The maximum absolute atomic E-state index is 12.1. The molecule has 1 saturated heterocycles. The van der Waals surface area contributed by atoms with E-state index in [0.29, 0.717) is 26.1 Å². The summed E-state index contributed by atoms with van der Waals surface area (Å²) in [6, 6.07) is 4.94. The molecule has 2 N–H and O–H groups in total. The Labute approximate surface area is 124 Å². The lowest BCUT2D eigenvalue weighted by atomic mass is 9.96. The van der Waals surface area contributed by atoms with Crippen LogP contribution in [0.5, 0.6) is 0 Å². The molecule has 0 saturated carbocycles. The summed E-state index contributed by atoms with van der Waals surface area (Å²) in [6.07, 6.45) is 0.953. The normalized spacial score (nSPS) is 19.2. The van der Waals surface area contributed by atoms with Gasteiger partial charge in [-0.3, -0.25) is 4.79 Å². The van der Waals surface area contributed by atoms with E-state index < -0.39 is 12.0 Å². The molecule has 114 valence electrons. The first-order valence-electron chi connectivity index (χ1n) is 7.15. The second kappa shape index (κ2) is 6.72. The molecule has 1 amide bonds.